The smallest absolute Gasteiger partial charge is 0.140 e. The molecule has 6 heteroatoms. The lowest BCUT2D eigenvalue weighted by Gasteiger charge is -2.42. The molecule has 4 N–H and O–H groups in total. The molecular formula is C24H30N6. The van der Waals surface area contributed by atoms with Crippen molar-refractivity contribution in [1.29, 1.82) is 5.41 Å². The zero-order valence-corrected chi connectivity index (χ0v) is 17.8. The predicted molar refractivity (Wildman–Crippen MR) is 124 cm³/mol. The summed E-state index contributed by atoms with van der Waals surface area (Å²) in [6.07, 6.45) is 9.90. The molecule has 2 aromatic rings. The Kier molecular flexibility index (Phi) is 5.57. The largest absolute Gasteiger partial charge is 0.383 e. The lowest BCUT2D eigenvalue weighted by molar-refractivity contribution is 0.272. The summed E-state index contributed by atoms with van der Waals surface area (Å²) in [5.41, 5.74) is 12.9. The highest BCUT2D eigenvalue weighted by Crippen LogP contribution is 2.39. The minimum Gasteiger partial charge on any atom is -0.383 e. The number of benzene rings is 1. The molecule has 1 saturated carbocycles. The number of hydrogen-bond donors (Lipinski definition) is 3. The van der Waals surface area contributed by atoms with Crippen molar-refractivity contribution in [3.05, 3.63) is 59.1 Å². The van der Waals surface area contributed by atoms with Crippen LogP contribution in [0.3, 0.4) is 0 Å². The first-order valence-electron chi connectivity index (χ1n) is 10.7. The van der Waals surface area contributed by atoms with Crippen LogP contribution in [0.4, 0.5) is 11.6 Å². The van der Waals surface area contributed by atoms with Crippen molar-refractivity contribution < 1.29 is 0 Å². The lowest BCUT2D eigenvalue weighted by Crippen LogP contribution is -2.38. The van der Waals surface area contributed by atoms with E-state index in [1.807, 2.05) is 0 Å². The van der Waals surface area contributed by atoms with Crippen molar-refractivity contribution in [1.82, 2.24) is 14.9 Å². The summed E-state index contributed by atoms with van der Waals surface area (Å²) in [6.45, 7) is 8.96. The summed E-state index contributed by atoms with van der Waals surface area (Å²) >= 11 is 0. The Morgan fingerprint density at radius 2 is 2.03 bits per heavy atom. The minimum absolute atomic E-state index is 0.326. The fraction of sp³-hybridized carbons (Fsp3) is 0.375. The second-order valence-corrected chi connectivity index (χ2v) is 8.24. The molecular weight excluding hydrogens is 372 g/mol. The SMILES string of the molecule is C=C1c2c(C)cccc2C=C(CNc2ncnc(N)c2C(C)=N)N1C1CCCCC1. The second kappa shape index (κ2) is 8.30. The predicted octanol–water partition coefficient (Wildman–Crippen LogP) is 4.83. The van der Waals surface area contributed by atoms with Crippen molar-refractivity contribution in [3.63, 3.8) is 0 Å². The molecule has 1 aromatic carbocycles. The van der Waals surface area contributed by atoms with E-state index in [4.69, 9.17) is 11.1 Å². The van der Waals surface area contributed by atoms with Gasteiger partial charge in [-0.15, -0.1) is 0 Å². The van der Waals surface area contributed by atoms with Crippen LogP contribution in [0.25, 0.3) is 11.8 Å². The molecule has 0 radical (unpaired) electrons. The monoisotopic (exact) mass is 402 g/mol. The number of aryl methyl sites for hydroxylation is 1. The normalized spacial score (nSPS) is 16.8. The fourth-order valence-electron chi connectivity index (χ4n) is 4.76. The van der Waals surface area contributed by atoms with Crippen LogP contribution in [0.1, 0.15) is 61.3 Å². The maximum absolute atomic E-state index is 8.05. The zero-order chi connectivity index (χ0) is 21.3. The third-order valence-corrected chi connectivity index (χ3v) is 6.14. The number of hydrogen-bond acceptors (Lipinski definition) is 6. The van der Waals surface area contributed by atoms with Crippen molar-refractivity contribution in [2.24, 2.45) is 0 Å². The molecule has 0 atom stereocenters. The highest BCUT2D eigenvalue weighted by atomic mass is 15.2. The molecule has 1 aromatic heterocycles. The van der Waals surface area contributed by atoms with Crippen LogP contribution in [-0.2, 0) is 0 Å². The van der Waals surface area contributed by atoms with Gasteiger partial charge < -0.3 is 21.4 Å². The van der Waals surface area contributed by atoms with Gasteiger partial charge in [0.15, 0.2) is 0 Å². The van der Waals surface area contributed by atoms with Crippen molar-refractivity contribution in [2.75, 3.05) is 17.6 Å². The number of nitrogens with two attached hydrogens (primary N) is 1. The lowest BCUT2D eigenvalue weighted by atomic mass is 9.88. The van der Waals surface area contributed by atoms with Gasteiger partial charge in [-0.1, -0.05) is 44.0 Å². The van der Waals surface area contributed by atoms with Gasteiger partial charge in [-0.3, -0.25) is 0 Å². The molecule has 0 unspecified atom stereocenters. The van der Waals surface area contributed by atoms with Gasteiger partial charge in [0.1, 0.15) is 18.0 Å². The Morgan fingerprint density at radius 1 is 1.27 bits per heavy atom. The van der Waals surface area contributed by atoms with E-state index in [0.717, 1.165) is 5.70 Å². The van der Waals surface area contributed by atoms with Crippen LogP contribution in [0.2, 0.25) is 0 Å². The van der Waals surface area contributed by atoms with Gasteiger partial charge in [-0.2, -0.15) is 0 Å². The number of nitrogens with zero attached hydrogens (tertiary/aromatic N) is 3. The van der Waals surface area contributed by atoms with E-state index in [0.29, 0.717) is 35.5 Å². The van der Waals surface area contributed by atoms with Crippen molar-refractivity contribution >= 4 is 29.1 Å². The van der Waals surface area contributed by atoms with Gasteiger partial charge in [0, 0.05) is 28.7 Å². The highest BCUT2D eigenvalue weighted by Gasteiger charge is 2.30. The molecule has 2 heterocycles. The Labute approximate surface area is 178 Å². The van der Waals surface area contributed by atoms with E-state index in [2.05, 4.69) is 58.0 Å². The van der Waals surface area contributed by atoms with E-state index >= 15 is 0 Å². The summed E-state index contributed by atoms with van der Waals surface area (Å²) in [6, 6.07) is 6.87. The van der Waals surface area contributed by atoms with Gasteiger partial charge in [0.2, 0.25) is 0 Å². The number of anilines is 2. The van der Waals surface area contributed by atoms with E-state index in [9.17, 15) is 0 Å². The molecule has 0 saturated heterocycles. The van der Waals surface area contributed by atoms with E-state index in [1.165, 1.54) is 60.8 Å². The van der Waals surface area contributed by atoms with Crippen LogP contribution in [0.5, 0.6) is 0 Å². The minimum atomic E-state index is 0.326. The first-order valence-corrected chi connectivity index (χ1v) is 10.7. The maximum atomic E-state index is 8.05. The molecule has 1 fully saturated rings. The summed E-state index contributed by atoms with van der Waals surface area (Å²) in [5.74, 6) is 0.923. The van der Waals surface area contributed by atoms with Crippen LogP contribution in [-0.4, -0.2) is 33.2 Å². The molecule has 2 aliphatic rings. The van der Waals surface area contributed by atoms with Crippen molar-refractivity contribution in [2.45, 2.75) is 52.0 Å². The first-order chi connectivity index (χ1) is 14.5. The average molecular weight is 403 g/mol. The third-order valence-electron chi connectivity index (χ3n) is 6.14. The molecule has 0 spiro atoms. The molecule has 1 aliphatic heterocycles. The van der Waals surface area contributed by atoms with Gasteiger partial charge >= 0.3 is 0 Å². The fourth-order valence-corrected chi connectivity index (χ4v) is 4.76. The molecule has 4 rings (SSSR count). The Balaban J connectivity index is 1.69. The Hall–Kier alpha value is -3.15. The first kappa shape index (κ1) is 20.1. The number of nitrogens with one attached hydrogen (secondary N) is 2. The third kappa shape index (κ3) is 3.70. The summed E-state index contributed by atoms with van der Waals surface area (Å²) in [5, 5.41) is 11.5. The topological polar surface area (TPSA) is 90.9 Å². The molecule has 6 nitrogen and oxygen atoms in total. The van der Waals surface area contributed by atoms with Gasteiger partial charge in [-0.05, 0) is 43.9 Å². The van der Waals surface area contributed by atoms with Crippen LogP contribution >= 0.6 is 0 Å². The summed E-state index contributed by atoms with van der Waals surface area (Å²) in [7, 11) is 0. The van der Waals surface area contributed by atoms with E-state index < -0.39 is 0 Å². The molecule has 1 aliphatic carbocycles. The van der Waals surface area contributed by atoms with Crippen LogP contribution in [0.15, 0.2) is 36.8 Å². The number of rotatable bonds is 5. The van der Waals surface area contributed by atoms with Crippen LogP contribution < -0.4 is 11.1 Å². The molecule has 0 bridgehead atoms. The zero-order valence-electron chi connectivity index (χ0n) is 17.8. The quantitative estimate of drug-likeness (QED) is 0.623. The van der Waals surface area contributed by atoms with Crippen molar-refractivity contribution in [3.8, 4) is 0 Å². The highest BCUT2D eigenvalue weighted by molar-refractivity contribution is 6.04. The number of aromatic nitrogens is 2. The Morgan fingerprint density at radius 3 is 2.77 bits per heavy atom. The standard InChI is InChI=1S/C24H30N6/c1-15-8-7-9-18-12-20(13-27-24-22(16(2)25)23(26)28-14-29-24)30(17(3)21(15)18)19-10-5-4-6-11-19/h7-9,12,14,19,25H,3-6,10-11,13H2,1-2H3,(H3,26,27,28,29). The molecule has 30 heavy (non-hydrogen) atoms. The Bertz CT molecular complexity index is 1020. The van der Waals surface area contributed by atoms with Gasteiger partial charge in [0.25, 0.3) is 0 Å². The van der Waals surface area contributed by atoms with Crippen LogP contribution in [0, 0.1) is 12.3 Å². The second-order valence-electron chi connectivity index (χ2n) is 8.24. The maximum Gasteiger partial charge on any atom is 0.140 e. The molecule has 0 amide bonds. The summed E-state index contributed by atoms with van der Waals surface area (Å²) < 4.78 is 0. The van der Waals surface area contributed by atoms with Gasteiger partial charge in [-0.25, -0.2) is 9.97 Å². The van der Waals surface area contributed by atoms with Gasteiger partial charge in [0.05, 0.1) is 12.1 Å². The number of fused-ring (bicyclic) bond motifs is 1. The van der Waals surface area contributed by atoms with E-state index in [-0.39, 0.29) is 0 Å². The average Bonchev–Trinajstić information content (AvgIpc) is 2.72. The summed E-state index contributed by atoms with van der Waals surface area (Å²) in [4.78, 5) is 10.8. The number of nitrogen functional groups attached to an aromatic ring is 1. The van der Waals surface area contributed by atoms with E-state index in [1.54, 1.807) is 6.92 Å². The molecule has 156 valence electrons.